The van der Waals surface area contributed by atoms with E-state index >= 15 is 0 Å². The number of aromatic nitrogens is 3. The second-order valence-corrected chi connectivity index (χ2v) is 4.93. The fraction of sp³-hybridized carbons (Fsp3) is 0.538. The summed E-state index contributed by atoms with van der Waals surface area (Å²) in [6.45, 7) is 3.25. The molecule has 2 N–H and O–H groups in total. The van der Waals surface area contributed by atoms with Crippen molar-refractivity contribution >= 4 is 17.3 Å². The molecule has 1 saturated carbocycles. The van der Waals surface area contributed by atoms with Crippen LogP contribution in [0.1, 0.15) is 32.6 Å². The van der Waals surface area contributed by atoms with Crippen molar-refractivity contribution in [3.63, 3.8) is 0 Å². The predicted molar refractivity (Wildman–Crippen MR) is 72.7 cm³/mol. The minimum atomic E-state index is 0.553. The summed E-state index contributed by atoms with van der Waals surface area (Å²) in [5, 5.41) is 0. The molecule has 0 atom stereocenters. The van der Waals surface area contributed by atoms with Crippen LogP contribution in [0.2, 0.25) is 0 Å². The highest BCUT2D eigenvalue weighted by atomic mass is 15.3. The minimum Gasteiger partial charge on any atom is -0.382 e. The molecule has 1 aliphatic carbocycles. The summed E-state index contributed by atoms with van der Waals surface area (Å²) in [6, 6.07) is 0.631. The van der Waals surface area contributed by atoms with Crippen molar-refractivity contribution < 1.29 is 0 Å². The monoisotopic (exact) mass is 245 g/mol. The Morgan fingerprint density at radius 1 is 1.50 bits per heavy atom. The summed E-state index contributed by atoms with van der Waals surface area (Å²) in [5.74, 6) is 1.49. The van der Waals surface area contributed by atoms with Crippen LogP contribution in [0.4, 0.5) is 11.6 Å². The van der Waals surface area contributed by atoms with Gasteiger partial charge in [-0.15, -0.1) is 0 Å². The number of nitrogen functional groups attached to an aromatic ring is 1. The van der Waals surface area contributed by atoms with Crippen LogP contribution in [-0.4, -0.2) is 27.0 Å². The van der Waals surface area contributed by atoms with Crippen LogP contribution in [0, 0.1) is 0 Å². The van der Waals surface area contributed by atoms with E-state index in [0.717, 1.165) is 18.0 Å². The summed E-state index contributed by atoms with van der Waals surface area (Å²) in [4.78, 5) is 11.3. The predicted octanol–water partition coefficient (Wildman–Crippen LogP) is 2.08. The number of imidazole rings is 1. The minimum absolute atomic E-state index is 0.553. The lowest BCUT2D eigenvalue weighted by Gasteiger charge is -2.23. The van der Waals surface area contributed by atoms with E-state index in [1.54, 1.807) is 6.20 Å². The molecule has 3 rings (SSSR count). The summed E-state index contributed by atoms with van der Waals surface area (Å²) in [6.07, 6.45) is 10.4. The summed E-state index contributed by atoms with van der Waals surface area (Å²) in [7, 11) is 0. The first-order valence-corrected chi connectivity index (χ1v) is 6.65. The smallest absolute Gasteiger partial charge is 0.180 e. The van der Waals surface area contributed by atoms with Crippen molar-refractivity contribution in [1.82, 2.24) is 14.4 Å². The van der Waals surface area contributed by atoms with Crippen LogP contribution < -0.4 is 10.6 Å². The third kappa shape index (κ3) is 2.00. The number of rotatable bonds is 5. The maximum Gasteiger partial charge on any atom is 0.180 e. The highest BCUT2D eigenvalue weighted by molar-refractivity contribution is 5.67. The van der Waals surface area contributed by atoms with E-state index in [4.69, 9.17) is 5.73 Å². The van der Waals surface area contributed by atoms with Crippen LogP contribution in [0.5, 0.6) is 0 Å². The lowest BCUT2D eigenvalue weighted by molar-refractivity contribution is 0.705. The molecular formula is C13H19N5. The molecule has 2 heterocycles. The molecule has 1 fully saturated rings. The van der Waals surface area contributed by atoms with Gasteiger partial charge in [-0.25, -0.2) is 9.97 Å². The van der Waals surface area contributed by atoms with Gasteiger partial charge >= 0.3 is 0 Å². The zero-order valence-electron chi connectivity index (χ0n) is 10.7. The fourth-order valence-electron chi connectivity index (χ4n) is 2.30. The van der Waals surface area contributed by atoms with Gasteiger partial charge < -0.3 is 15.0 Å². The molecule has 2 aromatic rings. The fourth-order valence-corrected chi connectivity index (χ4v) is 2.30. The molecule has 5 heteroatoms. The van der Waals surface area contributed by atoms with Gasteiger partial charge in [-0.1, -0.05) is 13.3 Å². The van der Waals surface area contributed by atoms with Gasteiger partial charge in [-0.3, -0.25) is 0 Å². The molecule has 1 aliphatic rings. The first kappa shape index (κ1) is 11.3. The quantitative estimate of drug-likeness (QED) is 0.876. The zero-order valence-corrected chi connectivity index (χ0v) is 10.7. The molecule has 0 amide bonds. The molecule has 0 radical (unpaired) electrons. The molecule has 96 valence electrons. The van der Waals surface area contributed by atoms with E-state index in [1.165, 1.54) is 25.7 Å². The van der Waals surface area contributed by atoms with Crippen molar-refractivity contribution in [2.24, 2.45) is 0 Å². The highest BCUT2D eigenvalue weighted by Crippen LogP contribution is 2.33. The largest absolute Gasteiger partial charge is 0.382 e. The number of unbranched alkanes of at least 4 members (excludes halogenated alkanes) is 1. The van der Waals surface area contributed by atoms with E-state index in [-0.39, 0.29) is 0 Å². The maximum atomic E-state index is 5.88. The van der Waals surface area contributed by atoms with Crippen LogP contribution in [0.25, 0.3) is 5.65 Å². The van der Waals surface area contributed by atoms with Gasteiger partial charge in [0.2, 0.25) is 0 Å². The highest BCUT2D eigenvalue weighted by Gasteiger charge is 2.31. The second kappa shape index (κ2) is 4.48. The number of fused-ring (bicyclic) bond motifs is 1. The topological polar surface area (TPSA) is 59.5 Å². The number of hydrogen-bond acceptors (Lipinski definition) is 4. The molecule has 18 heavy (non-hydrogen) atoms. The molecule has 0 spiro atoms. The van der Waals surface area contributed by atoms with Gasteiger partial charge in [0, 0.05) is 25.0 Å². The van der Waals surface area contributed by atoms with Gasteiger partial charge in [-0.2, -0.15) is 0 Å². The van der Waals surface area contributed by atoms with Crippen molar-refractivity contribution in [3.8, 4) is 0 Å². The van der Waals surface area contributed by atoms with Crippen molar-refractivity contribution in [1.29, 1.82) is 0 Å². The second-order valence-electron chi connectivity index (χ2n) is 4.93. The summed E-state index contributed by atoms with van der Waals surface area (Å²) >= 11 is 0. The third-order valence-corrected chi connectivity index (χ3v) is 3.39. The molecular weight excluding hydrogens is 226 g/mol. The van der Waals surface area contributed by atoms with Gasteiger partial charge in [0.15, 0.2) is 11.5 Å². The van der Waals surface area contributed by atoms with Crippen LogP contribution in [0.3, 0.4) is 0 Å². The molecule has 5 nitrogen and oxygen atoms in total. The van der Waals surface area contributed by atoms with Crippen molar-refractivity contribution in [2.45, 2.75) is 38.6 Å². The van der Waals surface area contributed by atoms with Gasteiger partial charge in [0.05, 0.1) is 6.20 Å². The van der Waals surface area contributed by atoms with E-state index in [0.29, 0.717) is 11.9 Å². The Kier molecular flexibility index (Phi) is 2.81. The van der Waals surface area contributed by atoms with E-state index in [1.807, 2.05) is 16.8 Å². The number of anilines is 2. The lowest BCUT2D eigenvalue weighted by atomic mass is 10.3. The standard InChI is InChI=1S/C13H19N5/c1-2-3-7-18(10-4-5-10)13-12-15-6-8-17(12)9-11(14)16-13/h6,8-10H,2-5,7,14H2,1H3. The van der Waals surface area contributed by atoms with Crippen LogP contribution >= 0.6 is 0 Å². The average molecular weight is 245 g/mol. The number of hydrogen-bond donors (Lipinski definition) is 1. The first-order valence-electron chi connectivity index (χ1n) is 6.65. The zero-order chi connectivity index (χ0) is 12.5. The third-order valence-electron chi connectivity index (χ3n) is 3.39. The van der Waals surface area contributed by atoms with Gasteiger partial charge in [-0.05, 0) is 19.3 Å². The molecule has 0 unspecified atom stereocenters. The van der Waals surface area contributed by atoms with Gasteiger partial charge in [0.1, 0.15) is 5.82 Å². The van der Waals surface area contributed by atoms with Crippen LogP contribution in [0.15, 0.2) is 18.6 Å². The Bertz CT molecular complexity index is 543. The Labute approximate surface area is 107 Å². The maximum absolute atomic E-state index is 5.88. The van der Waals surface area contributed by atoms with Crippen molar-refractivity contribution in [2.75, 3.05) is 17.2 Å². The molecule has 0 aliphatic heterocycles. The Morgan fingerprint density at radius 3 is 3.06 bits per heavy atom. The molecule has 0 saturated heterocycles. The molecule has 0 bridgehead atoms. The molecule has 2 aromatic heterocycles. The molecule has 0 aromatic carbocycles. The first-order chi connectivity index (χ1) is 8.79. The van der Waals surface area contributed by atoms with E-state index < -0.39 is 0 Å². The Balaban J connectivity index is 2.01. The normalized spacial score (nSPS) is 15.2. The van der Waals surface area contributed by atoms with E-state index in [2.05, 4.69) is 21.8 Å². The van der Waals surface area contributed by atoms with Crippen LogP contribution in [-0.2, 0) is 0 Å². The Hall–Kier alpha value is -1.78. The number of nitrogens with zero attached hydrogens (tertiary/aromatic N) is 4. The lowest BCUT2D eigenvalue weighted by Crippen LogP contribution is -2.28. The number of nitrogens with two attached hydrogens (primary N) is 1. The van der Waals surface area contributed by atoms with Crippen molar-refractivity contribution in [3.05, 3.63) is 18.6 Å². The van der Waals surface area contributed by atoms with E-state index in [9.17, 15) is 0 Å². The summed E-state index contributed by atoms with van der Waals surface area (Å²) in [5.41, 5.74) is 6.79. The SMILES string of the molecule is CCCCN(c1nc(N)cn2ccnc12)C1CC1. The average Bonchev–Trinajstić information content (AvgIpc) is 3.08. The summed E-state index contributed by atoms with van der Waals surface area (Å²) < 4.78 is 1.96. The van der Waals surface area contributed by atoms with Gasteiger partial charge in [0.25, 0.3) is 0 Å². The Morgan fingerprint density at radius 2 is 2.33 bits per heavy atom.